The summed E-state index contributed by atoms with van der Waals surface area (Å²) in [6.45, 7) is 2.72. The van der Waals surface area contributed by atoms with Gasteiger partial charge in [-0.05, 0) is 18.6 Å². The fourth-order valence-electron chi connectivity index (χ4n) is 1.04. The second-order valence-electron chi connectivity index (χ2n) is 3.11. The molecule has 0 bridgehead atoms. The number of hydrogen-bond acceptors (Lipinski definition) is 3. The molecule has 2 N–H and O–H groups in total. The van der Waals surface area contributed by atoms with Crippen molar-refractivity contribution < 1.29 is 9.90 Å². The Labute approximate surface area is 93.9 Å². The molecular formula is C11H15NO2S. The van der Waals surface area contributed by atoms with Crippen LogP contribution in [-0.4, -0.2) is 23.3 Å². The van der Waals surface area contributed by atoms with Crippen molar-refractivity contribution in [1.82, 2.24) is 5.32 Å². The van der Waals surface area contributed by atoms with Crippen molar-refractivity contribution in [3.05, 3.63) is 24.3 Å². The van der Waals surface area contributed by atoms with E-state index in [9.17, 15) is 9.90 Å². The van der Waals surface area contributed by atoms with Gasteiger partial charge in [-0.3, -0.25) is 4.79 Å². The van der Waals surface area contributed by atoms with Gasteiger partial charge in [0.25, 0.3) is 0 Å². The monoisotopic (exact) mass is 225 g/mol. The van der Waals surface area contributed by atoms with E-state index < -0.39 is 0 Å². The molecule has 15 heavy (non-hydrogen) atoms. The van der Waals surface area contributed by atoms with E-state index in [1.165, 1.54) is 11.8 Å². The largest absolute Gasteiger partial charge is 0.507 e. The molecule has 0 aromatic heterocycles. The first kappa shape index (κ1) is 11.9. The highest BCUT2D eigenvalue weighted by atomic mass is 32.2. The van der Waals surface area contributed by atoms with Gasteiger partial charge in [0.05, 0.1) is 5.75 Å². The second kappa shape index (κ2) is 6.35. The van der Waals surface area contributed by atoms with Gasteiger partial charge < -0.3 is 10.4 Å². The van der Waals surface area contributed by atoms with Gasteiger partial charge in [0.2, 0.25) is 5.91 Å². The highest BCUT2D eigenvalue weighted by molar-refractivity contribution is 8.00. The van der Waals surface area contributed by atoms with Crippen molar-refractivity contribution in [2.75, 3.05) is 12.3 Å². The number of hydrogen-bond donors (Lipinski definition) is 2. The molecule has 0 aliphatic heterocycles. The molecule has 1 amide bonds. The lowest BCUT2D eigenvalue weighted by Gasteiger charge is -2.04. The molecule has 0 heterocycles. The zero-order valence-corrected chi connectivity index (χ0v) is 9.51. The van der Waals surface area contributed by atoms with E-state index in [-0.39, 0.29) is 11.7 Å². The number of aromatic hydroxyl groups is 1. The molecule has 1 aromatic carbocycles. The Morgan fingerprint density at radius 1 is 1.47 bits per heavy atom. The van der Waals surface area contributed by atoms with Crippen molar-refractivity contribution in [3.63, 3.8) is 0 Å². The highest BCUT2D eigenvalue weighted by Crippen LogP contribution is 2.27. The second-order valence-corrected chi connectivity index (χ2v) is 4.12. The van der Waals surface area contributed by atoms with Gasteiger partial charge in [0.1, 0.15) is 5.75 Å². The summed E-state index contributed by atoms with van der Waals surface area (Å²) in [5.41, 5.74) is 0. The van der Waals surface area contributed by atoms with Crippen molar-refractivity contribution in [1.29, 1.82) is 0 Å². The van der Waals surface area contributed by atoms with E-state index in [0.29, 0.717) is 12.3 Å². The van der Waals surface area contributed by atoms with E-state index in [1.54, 1.807) is 18.2 Å². The predicted molar refractivity (Wildman–Crippen MR) is 62.1 cm³/mol. The van der Waals surface area contributed by atoms with Crippen LogP contribution in [0.3, 0.4) is 0 Å². The summed E-state index contributed by atoms with van der Waals surface area (Å²) in [6.07, 6.45) is 0.937. The molecular weight excluding hydrogens is 210 g/mol. The number of benzene rings is 1. The molecule has 0 saturated heterocycles. The Hall–Kier alpha value is -1.16. The van der Waals surface area contributed by atoms with Crippen LogP contribution in [0.2, 0.25) is 0 Å². The van der Waals surface area contributed by atoms with Crippen molar-refractivity contribution in [2.45, 2.75) is 18.2 Å². The zero-order valence-electron chi connectivity index (χ0n) is 8.69. The number of carbonyl (C=O) groups excluding carboxylic acids is 1. The average molecular weight is 225 g/mol. The lowest BCUT2D eigenvalue weighted by atomic mass is 10.3. The van der Waals surface area contributed by atoms with Crippen LogP contribution >= 0.6 is 11.8 Å². The minimum absolute atomic E-state index is 0.00473. The maximum atomic E-state index is 11.3. The summed E-state index contributed by atoms with van der Waals surface area (Å²) in [7, 11) is 0. The third-order valence-corrected chi connectivity index (χ3v) is 2.86. The Morgan fingerprint density at radius 2 is 2.20 bits per heavy atom. The first-order chi connectivity index (χ1) is 7.24. The van der Waals surface area contributed by atoms with Gasteiger partial charge >= 0.3 is 0 Å². The van der Waals surface area contributed by atoms with Crippen molar-refractivity contribution in [2.24, 2.45) is 0 Å². The predicted octanol–water partition coefficient (Wildman–Crippen LogP) is 2.01. The molecule has 0 radical (unpaired) electrons. The Bertz CT molecular complexity index is 328. The van der Waals surface area contributed by atoms with Gasteiger partial charge in [0, 0.05) is 11.4 Å². The molecule has 1 rings (SSSR count). The fraction of sp³-hybridized carbons (Fsp3) is 0.364. The van der Waals surface area contributed by atoms with E-state index in [1.807, 2.05) is 13.0 Å². The number of rotatable bonds is 5. The fourth-order valence-corrected chi connectivity index (χ4v) is 1.82. The number of phenols is 1. The molecule has 0 unspecified atom stereocenters. The maximum absolute atomic E-state index is 11.3. The van der Waals surface area contributed by atoms with Crippen LogP contribution in [0.15, 0.2) is 29.2 Å². The van der Waals surface area contributed by atoms with Crippen LogP contribution in [-0.2, 0) is 4.79 Å². The van der Waals surface area contributed by atoms with Crippen molar-refractivity contribution >= 4 is 17.7 Å². The smallest absolute Gasteiger partial charge is 0.230 e. The minimum Gasteiger partial charge on any atom is -0.507 e. The quantitative estimate of drug-likeness (QED) is 0.754. The normalized spacial score (nSPS) is 9.93. The van der Waals surface area contributed by atoms with E-state index >= 15 is 0 Å². The molecule has 4 heteroatoms. The van der Waals surface area contributed by atoms with Crippen LogP contribution in [0, 0.1) is 0 Å². The number of phenolic OH excluding ortho intramolecular Hbond substituents is 1. The zero-order chi connectivity index (χ0) is 11.1. The van der Waals surface area contributed by atoms with Crippen molar-refractivity contribution in [3.8, 4) is 5.75 Å². The molecule has 0 fully saturated rings. The van der Waals surface area contributed by atoms with Gasteiger partial charge in [-0.1, -0.05) is 19.1 Å². The molecule has 82 valence electrons. The van der Waals surface area contributed by atoms with Crippen LogP contribution in [0.25, 0.3) is 0 Å². The van der Waals surface area contributed by atoms with Gasteiger partial charge in [-0.15, -0.1) is 11.8 Å². The molecule has 3 nitrogen and oxygen atoms in total. The lowest BCUT2D eigenvalue weighted by Crippen LogP contribution is -2.25. The Kier molecular flexibility index (Phi) is 5.04. The summed E-state index contributed by atoms with van der Waals surface area (Å²) in [4.78, 5) is 12.0. The maximum Gasteiger partial charge on any atom is 0.230 e. The first-order valence-electron chi connectivity index (χ1n) is 4.91. The Balaban J connectivity index is 2.37. The summed E-state index contributed by atoms with van der Waals surface area (Å²) in [5.74, 6) is 0.577. The van der Waals surface area contributed by atoms with Crippen LogP contribution < -0.4 is 5.32 Å². The summed E-state index contributed by atoms with van der Waals surface area (Å²) < 4.78 is 0. The van der Waals surface area contributed by atoms with E-state index in [0.717, 1.165) is 11.3 Å². The number of para-hydroxylation sites is 1. The topological polar surface area (TPSA) is 49.3 Å². The molecule has 0 spiro atoms. The minimum atomic E-state index is 0.00473. The Morgan fingerprint density at radius 3 is 2.87 bits per heavy atom. The summed E-state index contributed by atoms with van der Waals surface area (Å²) in [5, 5.41) is 12.2. The third kappa shape index (κ3) is 4.25. The van der Waals surface area contributed by atoms with E-state index in [2.05, 4.69) is 5.32 Å². The van der Waals surface area contributed by atoms with Crippen LogP contribution in [0.4, 0.5) is 0 Å². The number of nitrogens with one attached hydrogen (secondary N) is 1. The summed E-state index contributed by atoms with van der Waals surface area (Å²) >= 11 is 1.34. The standard InChI is InChI=1S/C11H15NO2S/c1-2-7-12-11(14)8-15-10-6-4-3-5-9(10)13/h3-6,13H,2,7-8H2,1H3,(H,12,14). The number of carbonyl (C=O) groups is 1. The summed E-state index contributed by atoms with van der Waals surface area (Å²) in [6, 6.07) is 7.02. The molecule has 0 saturated carbocycles. The molecule has 0 aliphatic rings. The molecule has 0 aliphatic carbocycles. The average Bonchev–Trinajstić information content (AvgIpc) is 2.25. The van der Waals surface area contributed by atoms with Crippen LogP contribution in [0.5, 0.6) is 5.75 Å². The third-order valence-electron chi connectivity index (χ3n) is 1.80. The number of amides is 1. The van der Waals surface area contributed by atoms with E-state index in [4.69, 9.17) is 0 Å². The van der Waals surface area contributed by atoms with Crippen LogP contribution in [0.1, 0.15) is 13.3 Å². The van der Waals surface area contributed by atoms with Gasteiger partial charge in [-0.25, -0.2) is 0 Å². The molecule has 0 atom stereocenters. The first-order valence-corrected chi connectivity index (χ1v) is 5.90. The number of thioether (sulfide) groups is 1. The lowest BCUT2D eigenvalue weighted by molar-refractivity contribution is -0.118. The highest BCUT2D eigenvalue weighted by Gasteiger charge is 2.04. The molecule has 1 aromatic rings. The SMILES string of the molecule is CCCNC(=O)CSc1ccccc1O. The van der Waals surface area contributed by atoms with Gasteiger partial charge in [0.15, 0.2) is 0 Å². The van der Waals surface area contributed by atoms with Gasteiger partial charge in [-0.2, -0.15) is 0 Å².